The zero-order valence-electron chi connectivity index (χ0n) is 11.9. The Bertz CT molecular complexity index is 376. The average Bonchev–Trinajstić information content (AvgIpc) is 2.75. The minimum absolute atomic E-state index is 0.352. The molecule has 2 N–H and O–H groups in total. The summed E-state index contributed by atoms with van der Waals surface area (Å²) < 4.78 is 0. The van der Waals surface area contributed by atoms with Crippen molar-refractivity contribution < 1.29 is 0 Å². The van der Waals surface area contributed by atoms with Crippen molar-refractivity contribution in [1.29, 1.82) is 0 Å². The molecule has 0 bridgehead atoms. The number of hydrogen-bond donors (Lipinski definition) is 1. The summed E-state index contributed by atoms with van der Waals surface area (Å²) >= 11 is 1.84. The van der Waals surface area contributed by atoms with Gasteiger partial charge in [0.05, 0.1) is 5.01 Å². The van der Waals surface area contributed by atoms with Crippen LogP contribution in [0, 0.1) is 24.2 Å². The van der Waals surface area contributed by atoms with E-state index in [0.29, 0.717) is 5.41 Å². The summed E-state index contributed by atoms with van der Waals surface area (Å²) in [5.41, 5.74) is 6.45. The van der Waals surface area contributed by atoms with Crippen molar-refractivity contribution in [3.8, 4) is 0 Å². The molecule has 1 aliphatic carbocycles. The molecule has 1 saturated carbocycles. The second-order valence-corrected chi connectivity index (χ2v) is 7.63. The fraction of sp³-hybridized carbons (Fsp3) is 0.800. The fourth-order valence-electron chi connectivity index (χ4n) is 3.23. The summed E-state index contributed by atoms with van der Waals surface area (Å²) in [6, 6.07) is 0. The summed E-state index contributed by atoms with van der Waals surface area (Å²) in [6.07, 6.45) is 8.48. The van der Waals surface area contributed by atoms with Crippen molar-refractivity contribution in [3.05, 3.63) is 16.1 Å². The molecule has 0 aromatic carbocycles. The lowest BCUT2D eigenvalue weighted by Crippen LogP contribution is -2.37. The Hall–Kier alpha value is -0.410. The van der Waals surface area contributed by atoms with Crippen LogP contribution < -0.4 is 5.73 Å². The third-order valence-corrected chi connectivity index (χ3v) is 5.60. The van der Waals surface area contributed by atoms with Gasteiger partial charge in [0.25, 0.3) is 0 Å². The first-order valence-corrected chi connectivity index (χ1v) is 7.98. The number of nitrogens with two attached hydrogens (primary N) is 1. The molecule has 0 unspecified atom stereocenters. The molecule has 0 aliphatic heterocycles. The van der Waals surface area contributed by atoms with Gasteiger partial charge in [-0.15, -0.1) is 11.3 Å². The van der Waals surface area contributed by atoms with Crippen molar-refractivity contribution in [2.45, 2.75) is 52.9 Å². The van der Waals surface area contributed by atoms with Crippen LogP contribution in [-0.2, 0) is 6.42 Å². The molecule has 0 amide bonds. The van der Waals surface area contributed by atoms with Crippen molar-refractivity contribution >= 4 is 11.3 Å². The summed E-state index contributed by atoms with van der Waals surface area (Å²) in [7, 11) is 0. The van der Waals surface area contributed by atoms with Crippen molar-refractivity contribution in [3.63, 3.8) is 0 Å². The molecule has 2 rings (SSSR count). The Morgan fingerprint density at radius 1 is 1.44 bits per heavy atom. The predicted octanol–water partition coefficient (Wildman–Crippen LogP) is 3.79. The van der Waals surface area contributed by atoms with E-state index in [1.807, 2.05) is 17.5 Å². The maximum Gasteiger partial charge on any atom is 0.0896 e. The largest absolute Gasteiger partial charge is 0.330 e. The van der Waals surface area contributed by atoms with Gasteiger partial charge < -0.3 is 5.73 Å². The predicted molar refractivity (Wildman–Crippen MR) is 78.8 cm³/mol. The molecule has 1 aromatic rings. The number of aromatic nitrogens is 1. The van der Waals surface area contributed by atoms with Gasteiger partial charge in [-0.1, -0.05) is 13.8 Å². The normalized spacial score (nSPS) is 28.8. The van der Waals surface area contributed by atoms with Gasteiger partial charge in [0.15, 0.2) is 0 Å². The number of rotatable bonds is 4. The van der Waals surface area contributed by atoms with Crippen molar-refractivity contribution in [2.24, 2.45) is 23.0 Å². The van der Waals surface area contributed by atoms with E-state index in [1.54, 1.807) is 0 Å². The third kappa shape index (κ3) is 3.12. The average molecular weight is 266 g/mol. The number of hydrogen-bond acceptors (Lipinski definition) is 3. The van der Waals surface area contributed by atoms with E-state index in [1.165, 1.54) is 35.6 Å². The van der Waals surface area contributed by atoms with E-state index in [-0.39, 0.29) is 0 Å². The number of aryl methyl sites for hydroxylation is 1. The second-order valence-electron chi connectivity index (χ2n) is 6.31. The summed E-state index contributed by atoms with van der Waals surface area (Å²) in [5.74, 6) is 1.74. The molecular formula is C15H26N2S. The highest BCUT2D eigenvalue weighted by Gasteiger charge is 2.35. The minimum Gasteiger partial charge on any atom is -0.330 e. The lowest BCUT2D eigenvalue weighted by Gasteiger charge is -2.40. The lowest BCUT2D eigenvalue weighted by atomic mass is 9.66. The van der Waals surface area contributed by atoms with Crippen molar-refractivity contribution in [2.75, 3.05) is 6.54 Å². The van der Waals surface area contributed by atoms with Crippen LogP contribution in [0.15, 0.2) is 6.20 Å². The molecule has 1 fully saturated rings. The number of nitrogens with zero attached hydrogens (tertiary/aromatic N) is 1. The van der Waals surface area contributed by atoms with Gasteiger partial charge >= 0.3 is 0 Å². The highest BCUT2D eigenvalue weighted by molar-refractivity contribution is 7.11. The van der Waals surface area contributed by atoms with Gasteiger partial charge in [-0.25, -0.2) is 4.98 Å². The van der Waals surface area contributed by atoms with E-state index < -0.39 is 0 Å². The fourth-order valence-corrected chi connectivity index (χ4v) is 4.20. The Labute approximate surface area is 115 Å². The topological polar surface area (TPSA) is 38.9 Å². The zero-order valence-corrected chi connectivity index (χ0v) is 12.7. The smallest absolute Gasteiger partial charge is 0.0896 e. The molecule has 0 radical (unpaired) electrons. The van der Waals surface area contributed by atoms with Gasteiger partial charge in [-0.2, -0.15) is 0 Å². The SMILES string of the molecule is Cc1ncc(CC2(CN)CCC(C(C)C)CC2)s1. The Balaban J connectivity index is 2.00. The summed E-state index contributed by atoms with van der Waals surface area (Å²) in [5, 5.41) is 1.17. The quantitative estimate of drug-likeness (QED) is 0.900. The summed E-state index contributed by atoms with van der Waals surface area (Å²) in [4.78, 5) is 5.79. The third-order valence-electron chi connectivity index (χ3n) is 4.69. The number of thiazole rings is 1. The Morgan fingerprint density at radius 3 is 2.56 bits per heavy atom. The molecule has 1 aliphatic rings. The molecule has 18 heavy (non-hydrogen) atoms. The van der Waals surface area contributed by atoms with E-state index >= 15 is 0 Å². The molecule has 102 valence electrons. The van der Waals surface area contributed by atoms with Gasteiger partial charge in [0.2, 0.25) is 0 Å². The van der Waals surface area contributed by atoms with Crippen LogP contribution in [0.2, 0.25) is 0 Å². The van der Waals surface area contributed by atoms with Gasteiger partial charge in [-0.3, -0.25) is 0 Å². The first-order chi connectivity index (χ1) is 8.54. The lowest BCUT2D eigenvalue weighted by molar-refractivity contribution is 0.133. The first kappa shape index (κ1) is 14.0. The van der Waals surface area contributed by atoms with Crippen LogP contribution in [0.1, 0.15) is 49.4 Å². The first-order valence-electron chi connectivity index (χ1n) is 7.16. The standard InChI is InChI=1S/C15H26N2S/c1-11(2)13-4-6-15(10-16,7-5-13)8-14-9-17-12(3)18-14/h9,11,13H,4-8,10,16H2,1-3H3. The van der Waals surface area contributed by atoms with Crippen LogP contribution in [0.25, 0.3) is 0 Å². The van der Waals surface area contributed by atoms with Gasteiger partial charge in [0, 0.05) is 11.1 Å². The molecular weight excluding hydrogens is 240 g/mol. The maximum atomic E-state index is 6.10. The monoisotopic (exact) mass is 266 g/mol. The Kier molecular flexibility index (Phi) is 4.44. The second kappa shape index (κ2) is 5.70. The zero-order chi connectivity index (χ0) is 13.2. The van der Waals surface area contributed by atoms with Crippen LogP contribution in [0.3, 0.4) is 0 Å². The van der Waals surface area contributed by atoms with Crippen LogP contribution in [-0.4, -0.2) is 11.5 Å². The molecule has 0 spiro atoms. The van der Waals surface area contributed by atoms with E-state index in [0.717, 1.165) is 24.8 Å². The van der Waals surface area contributed by atoms with E-state index in [4.69, 9.17) is 5.73 Å². The molecule has 0 atom stereocenters. The van der Waals surface area contributed by atoms with Crippen LogP contribution in [0.4, 0.5) is 0 Å². The maximum absolute atomic E-state index is 6.10. The van der Waals surface area contributed by atoms with Crippen LogP contribution in [0.5, 0.6) is 0 Å². The summed E-state index contributed by atoms with van der Waals surface area (Å²) in [6.45, 7) is 7.62. The molecule has 2 nitrogen and oxygen atoms in total. The molecule has 1 aromatic heterocycles. The highest BCUT2D eigenvalue weighted by Crippen LogP contribution is 2.43. The highest BCUT2D eigenvalue weighted by atomic mass is 32.1. The van der Waals surface area contributed by atoms with Crippen LogP contribution >= 0.6 is 11.3 Å². The Morgan fingerprint density at radius 2 is 2.11 bits per heavy atom. The molecule has 0 saturated heterocycles. The van der Waals surface area contributed by atoms with E-state index in [2.05, 4.69) is 25.8 Å². The van der Waals surface area contributed by atoms with Gasteiger partial charge in [-0.05, 0) is 62.8 Å². The molecule has 1 heterocycles. The molecule has 3 heteroatoms. The van der Waals surface area contributed by atoms with Crippen molar-refractivity contribution in [1.82, 2.24) is 4.98 Å². The van der Waals surface area contributed by atoms with Gasteiger partial charge in [0.1, 0.15) is 0 Å². The van der Waals surface area contributed by atoms with E-state index in [9.17, 15) is 0 Å². The minimum atomic E-state index is 0.352.